The summed E-state index contributed by atoms with van der Waals surface area (Å²) in [4.78, 5) is 26.1. The maximum Gasteiger partial charge on any atom is 0.254 e. The van der Waals surface area contributed by atoms with Gasteiger partial charge in [-0.15, -0.1) is 0 Å². The Balaban J connectivity index is 1.58. The van der Waals surface area contributed by atoms with E-state index >= 15 is 0 Å². The number of hydrogen-bond donors (Lipinski definition) is 3. The normalized spacial score (nSPS) is 15.2. The largest absolute Gasteiger partial charge is 0.353 e. The first-order chi connectivity index (χ1) is 17.8. The van der Waals surface area contributed by atoms with E-state index in [1.807, 2.05) is 23.8 Å². The molecule has 2 aromatic carbocycles. The van der Waals surface area contributed by atoms with Crippen LogP contribution in [0.1, 0.15) is 24.0 Å². The predicted molar refractivity (Wildman–Crippen MR) is 153 cm³/mol. The summed E-state index contributed by atoms with van der Waals surface area (Å²) in [6.07, 6.45) is 0. The Morgan fingerprint density at radius 1 is 1.11 bits per heavy atom. The van der Waals surface area contributed by atoms with Crippen LogP contribution in [-0.4, -0.2) is 17.6 Å². The van der Waals surface area contributed by atoms with E-state index in [1.165, 1.54) is 23.1 Å². The van der Waals surface area contributed by atoms with Crippen LogP contribution in [0.5, 0.6) is 0 Å². The molecule has 1 aliphatic rings. The van der Waals surface area contributed by atoms with Crippen LogP contribution in [0.15, 0.2) is 81.2 Å². The fourth-order valence-electron chi connectivity index (χ4n) is 3.90. The fraction of sp³-hybridized carbons (Fsp3) is 0.148. The number of carbonyl (C=O) groups excluding carboxylic acids is 2. The van der Waals surface area contributed by atoms with Gasteiger partial charge in [0, 0.05) is 32.7 Å². The number of benzene rings is 2. The number of nitrogens with one attached hydrogen (secondary N) is 3. The third kappa shape index (κ3) is 6.20. The van der Waals surface area contributed by atoms with E-state index in [-0.39, 0.29) is 17.6 Å². The lowest BCUT2D eigenvalue weighted by Gasteiger charge is -2.29. The molecule has 2 amide bonds. The van der Waals surface area contributed by atoms with E-state index in [2.05, 4.69) is 22.0 Å². The number of amides is 2. The summed E-state index contributed by atoms with van der Waals surface area (Å²) >= 11 is 14.8. The molecule has 1 unspecified atom stereocenters. The van der Waals surface area contributed by atoms with Gasteiger partial charge in [0.05, 0.1) is 28.3 Å². The molecule has 0 fully saturated rings. The number of hydrogen-bond acceptors (Lipinski definition) is 6. The summed E-state index contributed by atoms with van der Waals surface area (Å²) in [5.41, 5.74) is 4.26. The Hall–Kier alpha value is -3.22. The van der Waals surface area contributed by atoms with Gasteiger partial charge in [0.25, 0.3) is 5.91 Å². The second-order valence-electron chi connectivity index (χ2n) is 8.22. The van der Waals surface area contributed by atoms with Gasteiger partial charge in [-0.2, -0.15) is 16.6 Å². The van der Waals surface area contributed by atoms with Crippen LogP contribution < -0.4 is 16.0 Å². The van der Waals surface area contributed by atoms with Gasteiger partial charge in [0.1, 0.15) is 0 Å². The van der Waals surface area contributed by atoms with E-state index in [0.717, 1.165) is 11.1 Å². The lowest BCUT2D eigenvalue weighted by atomic mass is 9.83. The van der Waals surface area contributed by atoms with E-state index in [1.54, 1.807) is 49.4 Å². The number of carbonyl (C=O) groups is 2. The van der Waals surface area contributed by atoms with Crippen molar-refractivity contribution in [3.05, 3.63) is 102 Å². The summed E-state index contributed by atoms with van der Waals surface area (Å²) in [6.45, 7) is 3.63. The number of halogens is 2. The van der Waals surface area contributed by atoms with Crippen LogP contribution in [0.25, 0.3) is 0 Å². The maximum absolute atomic E-state index is 13.4. The van der Waals surface area contributed by atoms with E-state index < -0.39 is 5.92 Å². The van der Waals surface area contributed by atoms with Crippen molar-refractivity contribution in [2.24, 2.45) is 0 Å². The van der Waals surface area contributed by atoms with Crippen molar-refractivity contribution >= 4 is 69.5 Å². The van der Waals surface area contributed by atoms with Crippen LogP contribution in [0.2, 0.25) is 10.0 Å². The second kappa shape index (κ2) is 11.9. The quantitative estimate of drug-likeness (QED) is 0.283. The molecule has 2 heterocycles. The minimum absolute atomic E-state index is 0.0649. The third-order valence-corrected chi connectivity index (χ3v) is 8.14. The highest BCUT2D eigenvalue weighted by Gasteiger charge is 2.35. The van der Waals surface area contributed by atoms with Crippen molar-refractivity contribution in [2.75, 3.05) is 16.4 Å². The Morgan fingerprint density at radius 2 is 1.86 bits per heavy atom. The average molecular weight is 570 g/mol. The Kier molecular flexibility index (Phi) is 8.62. The van der Waals surface area contributed by atoms with Crippen molar-refractivity contribution in [2.45, 2.75) is 19.8 Å². The highest BCUT2D eigenvalue weighted by Crippen LogP contribution is 2.41. The molecule has 0 aliphatic carbocycles. The number of thiophene rings is 1. The summed E-state index contributed by atoms with van der Waals surface area (Å²) in [5, 5.41) is 24.6. The molecule has 0 saturated heterocycles. The lowest BCUT2D eigenvalue weighted by molar-refractivity contribution is -0.114. The number of nitrogens with zero attached hydrogens (tertiary/aromatic N) is 1. The number of dihydropyridines is 1. The van der Waals surface area contributed by atoms with Crippen molar-refractivity contribution in [1.29, 1.82) is 5.26 Å². The van der Waals surface area contributed by atoms with Gasteiger partial charge in [-0.25, -0.2) is 0 Å². The number of rotatable bonds is 7. The van der Waals surface area contributed by atoms with Gasteiger partial charge < -0.3 is 16.0 Å². The molecule has 1 aromatic heterocycles. The van der Waals surface area contributed by atoms with Gasteiger partial charge in [-0.3, -0.25) is 9.59 Å². The van der Waals surface area contributed by atoms with Crippen molar-refractivity contribution < 1.29 is 9.59 Å². The predicted octanol–water partition coefficient (Wildman–Crippen LogP) is 7.07. The smallest absolute Gasteiger partial charge is 0.254 e. The monoisotopic (exact) mass is 568 g/mol. The first-order valence-corrected chi connectivity index (χ1v) is 13.9. The molecule has 3 aromatic rings. The van der Waals surface area contributed by atoms with E-state index in [9.17, 15) is 14.9 Å². The molecule has 3 N–H and O–H groups in total. The fourth-order valence-corrected chi connectivity index (χ4v) is 5.78. The minimum Gasteiger partial charge on any atom is -0.353 e. The molecule has 0 radical (unpaired) electrons. The van der Waals surface area contributed by atoms with Crippen molar-refractivity contribution in [1.82, 2.24) is 5.32 Å². The summed E-state index contributed by atoms with van der Waals surface area (Å²) in [7, 11) is 0. The zero-order chi connectivity index (χ0) is 26.5. The number of nitriles is 1. The van der Waals surface area contributed by atoms with E-state index in [4.69, 9.17) is 23.2 Å². The Bertz CT molecular complexity index is 1440. The molecule has 4 rings (SSSR count). The summed E-state index contributed by atoms with van der Waals surface area (Å²) < 4.78 is 0. The van der Waals surface area contributed by atoms with Crippen molar-refractivity contribution in [3.63, 3.8) is 0 Å². The Labute approximate surface area is 233 Å². The first-order valence-electron chi connectivity index (χ1n) is 11.2. The van der Waals surface area contributed by atoms with Crippen LogP contribution >= 0.6 is 46.3 Å². The van der Waals surface area contributed by atoms with Crippen LogP contribution in [-0.2, 0) is 9.59 Å². The van der Waals surface area contributed by atoms with Crippen molar-refractivity contribution in [3.8, 4) is 6.07 Å². The molecule has 6 nitrogen and oxygen atoms in total. The highest BCUT2D eigenvalue weighted by atomic mass is 35.5. The molecule has 188 valence electrons. The average Bonchev–Trinajstić information content (AvgIpc) is 3.41. The first kappa shape index (κ1) is 26.8. The number of thioether (sulfide) groups is 1. The van der Waals surface area contributed by atoms with Crippen LogP contribution in [0.4, 0.5) is 11.4 Å². The van der Waals surface area contributed by atoms with Gasteiger partial charge in [0.15, 0.2) is 0 Å². The standard InChI is InChI=1S/C27H22Cl2N4O2S2/c1-15-21(29)4-3-5-22(15)33-23(34)14-37-27-20(12-30)25(17-10-11-36-13-17)24(16(2)31-27)26(35)32-19-8-6-18(28)7-9-19/h3-11,13,25,31H,14H2,1-2H3,(H,32,35)(H,33,34). The molecule has 37 heavy (non-hydrogen) atoms. The molecule has 0 spiro atoms. The third-order valence-electron chi connectivity index (χ3n) is 5.76. The van der Waals surface area contributed by atoms with Gasteiger partial charge in [-0.1, -0.05) is 41.0 Å². The highest BCUT2D eigenvalue weighted by molar-refractivity contribution is 8.03. The molecular weight excluding hydrogens is 547 g/mol. The van der Waals surface area contributed by atoms with Crippen LogP contribution in [0, 0.1) is 18.3 Å². The second-order valence-corrected chi connectivity index (χ2v) is 10.8. The summed E-state index contributed by atoms with van der Waals surface area (Å²) in [6, 6.07) is 16.3. The molecule has 1 aliphatic heterocycles. The zero-order valence-electron chi connectivity index (χ0n) is 19.9. The SMILES string of the molecule is CC1=C(C(=O)Nc2ccc(Cl)cc2)C(c2ccsc2)C(C#N)=C(SCC(=O)Nc2cccc(Cl)c2C)N1. The Morgan fingerprint density at radius 3 is 2.54 bits per heavy atom. The zero-order valence-corrected chi connectivity index (χ0v) is 23.0. The number of allylic oxidation sites excluding steroid dienone is 2. The van der Waals surface area contributed by atoms with E-state index in [0.29, 0.717) is 43.3 Å². The lowest BCUT2D eigenvalue weighted by Crippen LogP contribution is -2.31. The molecular formula is C27H22Cl2N4O2S2. The van der Waals surface area contributed by atoms with Gasteiger partial charge in [0.2, 0.25) is 5.91 Å². The maximum atomic E-state index is 13.4. The topological polar surface area (TPSA) is 94.0 Å². The molecule has 0 bridgehead atoms. The molecule has 10 heteroatoms. The summed E-state index contributed by atoms with van der Waals surface area (Å²) in [5.74, 6) is -1.07. The van der Waals surface area contributed by atoms with Crippen LogP contribution in [0.3, 0.4) is 0 Å². The van der Waals surface area contributed by atoms with Gasteiger partial charge >= 0.3 is 0 Å². The number of anilines is 2. The molecule has 0 saturated carbocycles. The minimum atomic E-state index is -0.578. The molecule has 1 atom stereocenters. The van der Waals surface area contributed by atoms with Gasteiger partial charge in [-0.05, 0) is 78.2 Å².